The molecule has 0 saturated carbocycles. The van der Waals surface area contributed by atoms with Gasteiger partial charge in [-0.3, -0.25) is 0 Å². The number of benzene rings is 4. The Kier molecular flexibility index (Phi) is 7.12. The van der Waals surface area contributed by atoms with Crippen LogP contribution in [0.4, 0.5) is 0 Å². The predicted molar refractivity (Wildman–Crippen MR) is 136 cm³/mol. The van der Waals surface area contributed by atoms with Gasteiger partial charge in [-0.05, 0) is 53.1 Å². The van der Waals surface area contributed by atoms with Gasteiger partial charge in [-0.1, -0.05) is 54.6 Å². The van der Waals surface area contributed by atoms with E-state index in [-0.39, 0.29) is 29.6 Å². The summed E-state index contributed by atoms with van der Waals surface area (Å²) in [5, 5.41) is 31.3. The van der Waals surface area contributed by atoms with Crippen molar-refractivity contribution in [2.24, 2.45) is 0 Å². The maximum Gasteiger partial charge on any atom is 0.170 e. The van der Waals surface area contributed by atoms with Gasteiger partial charge >= 0.3 is 0 Å². The maximum atomic E-state index is 11.1. The highest BCUT2D eigenvalue weighted by molar-refractivity contribution is 5.88. The molecule has 0 heterocycles. The van der Waals surface area contributed by atoms with Crippen LogP contribution >= 0.6 is 0 Å². The van der Waals surface area contributed by atoms with Crippen molar-refractivity contribution < 1.29 is 29.5 Å². The summed E-state index contributed by atoms with van der Waals surface area (Å²) in [6.07, 6.45) is 3.81. The van der Waals surface area contributed by atoms with Crippen LogP contribution in [0.3, 0.4) is 0 Å². The molecule has 4 rings (SSSR count). The molecular weight excluding hydrogens is 444 g/mol. The number of hydrogen-bond acceptors (Lipinski definition) is 6. The van der Waals surface area contributed by atoms with Gasteiger partial charge in [-0.15, -0.1) is 0 Å². The molecule has 4 aromatic rings. The zero-order valence-corrected chi connectivity index (χ0v) is 19.4. The van der Waals surface area contributed by atoms with E-state index >= 15 is 0 Å². The molecule has 35 heavy (non-hydrogen) atoms. The highest BCUT2D eigenvalue weighted by Crippen LogP contribution is 2.50. The van der Waals surface area contributed by atoms with Crippen molar-refractivity contribution in [2.75, 3.05) is 20.8 Å². The average Bonchev–Trinajstić information content (AvgIpc) is 2.88. The van der Waals surface area contributed by atoms with Crippen molar-refractivity contribution in [1.82, 2.24) is 0 Å². The molecule has 6 nitrogen and oxygen atoms in total. The Bertz CT molecular complexity index is 1330. The summed E-state index contributed by atoms with van der Waals surface area (Å²) >= 11 is 0. The topological polar surface area (TPSA) is 88.4 Å². The summed E-state index contributed by atoms with van der Waals surface area (Å²) in [4.78, 5) is 0. The molecule has 178 valence electrons. The summed E-state index contributed by atoms with van der Waals surface area (Å²) in [5.41, 5.74) is 3.29. The molecule has 0 aromatic heterocycles. The molecule has 0 radical (unpaired) electrons. The Morgan fingerprint density at radius 3 is 2.11 bits per heavy atom. The first-order valence-corrected chi connectivity index (χ1v) is 11.0. The molecule has 0 spiro atoms. The lowest BCUT2D eigenvalue weighted by Gasteiger charge is -2.18. The summed E-state index contributed by atoms with van der Waals surface area (Å²) in [6, 6.07) is 23.0. The number of aromatic hydroxyl groups is 3. The summed E-state index contributed by atoms with van der Waals surface area (Å²) < 4.78 is 16.8. The molecule has 3 N–H and O–H groups in total. The van der Waals surface area contributed by atoms with Crippen molar-refractivity contribution in [3.05, 3.63) is 90.5 Å². The molecular formula is C29H26O6. The van der Waals surface area contributed by atoms with Gasteiger partial charge in [0.2, 0.25) is 0 Å². The number of ether oxygens (including phenoxy) is 3. The average molecular weight is 471 g/mol. The third-order valence-corrected chi connectivity index (χ3v) is 5.51. The number of rotatable bonds is 8. The fourth-order valence-corrected chi connectivity index (χ4v) is 3.81. The highest BCUT2D eigenvalue weighted by Gasteiger charge is 2.22. The zero-order chi connectivity index (χ0) is 24.8. The van der Waals surface area contributed by atoms with Gasteiger partial charge in [0.25, 0.3) is 0 Å². The molecule has 0 amide bonds. The minimum atomic E-state index is -0.131. The summed E-state index contributed by atoms with van der Waals surface area (Å²) in [6.45, 7) is 0.283. The van der Waals surface area contributed by atoms with Gasteiger partial charge in [0, 0.05) is 5.56 Å². The van der Waals surface area contributed by atoms with Crippen LogP contribution in [0.1, 0.15) is 5.56 Å². The van der Waals surface area contributed by atoms with E-state index in [4.69, 9.17) is 14.2 Å². The summed E-state index contributed by atoms with van der Waals surface area (Å²) in [7, 11) is 2.97. The van der Waals surface area contributed by atoms with Crippen molar-refractivity contribution in [3.8, 4) is 56.8 Å². The molecule has 0 bridgehead atoms. The van der Waals surface area contributed by atoms with Gasteiger partial charge in [0.05, 0.1) is 19.8 Å². The van der Waals surface area contributed by atoms with Gasteiger partial charge in [-0.2, -0.15) is 0 Å². The second-order valence-electron chi connectivity index (χ2n) is 7.74. The second-order valence-corrected chi connectivity index (χ2v) is 7.74. The normalized spacial score (nSPS) is 10.9. The van der Waals surface area contributed by atoms with E-state index < -0.39 is 0 Å². The number of hydrogen-bond donors (Lipinski definition) is 3. The fraction of sp³-hybridized carbons (Fsp3) is 0.103. The lowest BCUT2D eigenvalue weighted by molar-refractivity contribution is 0.337. The number of methoxy groups -OCH3 is 2. The zero-order valence-electron chi connectivity index (χ0n) is 19.4. The van der Waals surface area contributed by atoms with Crippen LogP contribution in [-0.2, 0) is 0 Å². The van der Waals surface area contributed by atoms with Crippen LogP contribution in [0.5, 0.6) is 34.5 Å². The first kappa shape index (κ1) is 23.6. The molecule has 0 atom stereocenters. The molecule has 0 aliphatic heterocycles. The Morgan fingerprint density at radius 2 is 1.46 bits per heavy atom. The van der Waals surface area contributed by atoms with E-state index in [1.165, 1.54) is 20.3 Å². The van der Waals surface area contributed by atoms with E-state index in [0.717, 1.165) is 11.1 Å². The lowest BCUT2D eigenvalue weighted by atomic mass is 9.96. The van der Waals surface area contributed by atoms with Crippen LogP contribution in [-0.4, -0.2) is 36.1 Å². The van der Waals surface area contributed by atoms with Gasteiger partial charge in [-0.25, -0.2) is 0 Å². The van der Waals surface area contributed by atoms with Gasteiger partial charge in [0.1, 0.15) is 18.1 Å². The third-order valence-electron chi connectivity index (χ3n) is 5.51. The minimum absolute atomic E-state index is 0.0707. The lowest BCUT2D eigenvalue weighted by Crippen LogP contribution is -1.96. The van der Waals surface area contributed by atoms with E-state index in [9.17, 15) is 15.3 Å². The van der Waals surface area contributed by atoms with Crippen molar-refractivity contribution in [1.29, 1.82) is 0 Å². The van der Waals surface area contributed by atoms with Crippen molar-refractivity contribution in [3.63, 3.8) is 0 Å². The first-order valence-electron chi connectivity index (χ1n) is 11.0. The standard InChI is InChI=1S/C29H26O6/c1-33-26-18-23(20-10-13-22(30)14-11-20)29(34-2)28(32)27(26)21-12-15-25(24(31)17-21)35-16-6-9-19-7-4-3-5-8-19/h3-15,17-18,30-32H,16H2,1-2H3/b9-6+. The quantitative estimate of drug-likeness (QED) is 0.282. The van der Waals surface area contributed by atoms with Crippen LogP contribution < -0.4 is 14.2 Å². The maximum absolute atomic E-state index is 11.1. The first-order chi connectivity index (χ1) is 17.0. The molecule has 0 fully saturated rings. The van der Waals surface area contributed by atoms with E-state index in [2.05, 4.69) is 0 Å². The Balaban J connectivity index is 1.63. The Labute approximate surface area is 203 Å². The third kappa shape index (κ3) is 5.17. The van der Waals surface area contributed by atoms with E-state index in [1.54, 1.807) is 42.5 Å². The smallest absolute Gasteiger partial charge is 0.170 e. The molecule has 4 aromatic carbocycles. The molecule has 0 saturated heterocycles. The van der Waals surface area contributed by atoms with Crippen molar-refractivity contribution >= 4 is 6.08 Å². The van der Waals surface area contributed by atoms with Crippen molar-refractivity contribution in [2.45, 2.75) is 0 Å². The fourth-order valence-electron chi connectivity index (χ4n) is 3.81. The SMILES string of the molecule is COc1cc(-c2ccc(O)cc2)c(OC)c(O)c1-c1ccc(OC/C=C/c2ccccc2)c(O)c1. The largest absolute Gasteiger partial charge is 0.508 e. The summed E-state index contributed by atoms with van der Waals surface area (Å²) in [5.74, 6) is 0.890. The Hall–Kier alpha value is -4.58. The monoisotopic (exact) mass is 470 g/mol. The molecule has 0 unspecified atom stereocenters. The molecule has 6 heteroatoms. The van der Waals surface area contributed by atoms with E-state index in [0.29, 0.717) is 28.2 Å². The highest BCUT2D eigenvalue weighted by atomic mass is 16.5. The predicted octanol–water partition coefficient (Wildman–Crippen LogP) is 6.25. The van der Waals surface area contributed by atoms with Crippen LogP contribution in [0, 0.1) is 0 Å². The van der Waals surface area contributed by atoms with Gasteiger partial charge in [0.15, 0.2) is 23.0 Å². The van der Waals surface area contributed by atoms with Gasteiger partial charge < -0.3 is 29.5 Å². The molecule has 0 aliphatic carbocycles. The minimum Gasteiger partial charge on any atom is -0.508 e. The van der Waals surface area contributed by atoms with E-state index in [1.807, 2.05) is 42.5 Å². The van der Waals surface area contributed by atoms with Crippen LogP contribution in [0.15, 0.2) is 84.9 Å². The Morgan fingerprint density at radius 1 is 0.743 bits per heavy atom. The van der Waals surface area contributed by atoms with Crippen LogP contribution in [0.2, 0.25) is 0 Å². The number of phenolic OH excluding ortho intramolecular Hbond substituents is 3. The van der Waals surface area contributed by atoms with Crippen LogP contribution in [0.25, 0.3) is 28.3 Å². The number of phenols is 3. The molecule has 0 aliphatic rings. The second kappa shape index (κ2) is 10.6.